The molecule has 81 heavy (non-hydrogen) atoms. The lowest BCUT2D eigenvalue weighted by Gasteiger charge is -2.35. The zero-order chi connectivity index (χ0) is 58.3. The lowest BCUT2D eigenvalue weighted by Crippen LogP contribution is -2.52. The van der Waals surface area contributed by atoms with Gasteiger partial charge in [0.2, 0.25) is 41.4 Å². The van der Waals surface area contributed by atoms with Gasteiger partial charge in [0.05, 0.1) is 42.6 Å². The SMILES string of the molecule is CC[C@@]1(O)C(=O)OCc2c1cc1n(c2=O)CC2C3=c4c(c(C)c(F)cc4=NC12)CCC3NC(=O)CCCNC(=O)CNC(=O)[C@H](Cc1ccccc1)NC(=O)CNC(=O)CNC(=O)CCNC(=O)[C@H](CCC(=O)O)N1C(=O)C=CC1=O. The van der Waals surface area contributed by atoms with E-state index in [-0.39, 0.29) is 81.8 Å². The van der Waals surface area contributed by atoms with E-state index in [0.717, 1.165) is 28.5 Å². The minimum Gasteiger partial charge on any atom is -0.481 e. The van der Waals surface area contributed by atoms with Crippen molar-refractivity contribution in [2.75, 3.05) is 32.7 Å². The second kappa shape index (κ2) is 25.0. The summed E-state index contributed by atoms with van der Waals surface area (Å²) in [6, 6.07) is 7.80. The number of aliphatic hydroxyl groups is 1. The summed E-state index contributed by atoms with van der Waals surface area (Å²) < 4.78 is 22.2. The van der Waals surface area contributed by atoms with Gasteiger partial charge in [-0.05, 0) is 73.4 Å². The summed E-state index contributed by atoms with van der Waals surface area (Å²) in [6.45, 7) is 1.28. The van der Waals surface area contributed by atoms with Crippen LogP contribution in [0.15, 0.2) is 64.4 Å². The number of carbonyl (C=O) groups is 11. The highest BCUT2D eigenvalue weighted by atomic mass is 19.1. The number of aliphatic carboxylic acids is 1. The molecular weight excluding hydrogens is 1060 g/mol. The maximum Gasteiger partial charge on any atom is 0.343 e. The van der Waals surface area contributed by atoms with Gasteiger partial charge in [-0.1, -0.05) is 37.3 Å². The number of pyridine rings is 1. The number of halogens is 1. The second-order valence-corrected chi connectivity index (χ2v) is 20.2. The molecule has 0 spiro atoms. The quantitative estimate of drug-likeness (QED) is 0.0248. The smallest absolute Gasteiger partial charge is 0.343 e. The number of benzene rings is 2. The topological polar surface area (TPSA) is 359 Å². The van der Waals surface area contributed by atoms with Gasteiger partial charge < -0.3 is 56.7 Å². The Kier molecular flexibility index (Phi) is 18.0. The summed E-state index contributed by atoms with van der Waals surface area (Å²) in [6.07, 6.45) is 1.71. The Hall–Kier alpha value is -8.94. The summed E-state index contributed by atoms with van der Waals surface area (Å²) in [7, 11) is 0. The van der Waals surface area contributed by atoms with Crippen LogP contribution in [0.25, 0.3) is 5.57 Å². The van der Waals surface area contributed by atoms with Crippen molar-refractivity contribution >= 4 is 70.7 Å². The van der Waals surface area contributed by atoms with Gasteiger partial charge in [0.15, 0.2) is 5.60 Å². The Bertz CT molecular complexity index is 3330. The van der Waals surface area contributed by atoms with Crippen LogP contribution in [0.1, 0.15) is 91.4 Å². The third-order valence-electron chi connectivity index (χ3n) is 15.0. The fourth-order valence-corrected chi connectivity index (χ4v) is 10.8. The van der Waals surface area contributed by atoms with Gasteiger partial charge in [-0.15, -0.1) is 0 Å². The summed E-state index contributed by atoms with van der Waals surface area (Å²) in [5.41, 5.74) is 1.03. The van der Waals surface area contributed by atoms with E-state index in [1.54, 1.807) is 54.8 Å². The predicted molar refractivity (Wildman–Crippen MR) is 279 cm³/mol. The number of carbonyl (C=O) groups excluding carboxylic acids is 10. The second-order valence-electron chi connectivity index (χ2n) is 20.2. The fourth-order valence-electron chi connectivity index (χ4n) is 10.8. The normalized spacial score (nSPS) is 19.8. The van der Waals surface area contributed by atoms with Crippen LogP contribution in [0.3, 0.4) is 0 Å². The highest BCUT2D eigenvalue weighted by Gasteiger charge is 2.49. The third-order valence-corrected chi connectivity index (χ3v) is 15.0. The van der Waals surface area contributed by atoms with Crippen LogP contribution in [0.4, 0.5) is 4.39 Å². The number of ether oxygens (including phenoxy) is 1. The van der Waals surface area contributed by atoms with E-state index < -0.39 is 132 Å². The van der Waals surface area contributed by atoms with Crippen LogP contribution in [-0.4, -0.2) is 136 Å². The van der Waals surface area contributed by atoms with E-state index in [4.69, 9.17) is 14.8 Å². The molecule has 2 aromatic carbocycles. The van der Waals surface area contributed by atoms with Crippen LogP contribution in [0.2, 0.25) is 0 Å². The highest BCUT2D eigenvalue weighted by Crippen LogP contribution is 2.44. The van der Waals surface area contributed by atoms with Crippen LogP contribution in [0.5, 0.6) is 0 Å². The highest BCUT2D eigenvalue weighted by molar-refractivity contribution is 6.15. The molecule has 26 heteroatoms. The molecule has 0 fully saturated rings. The molecule has 9 N–H and O–H groups in total. The molecule has 3 aromatic rings. The molecule has 4 aliphatic heterocycles. The molecule has 0 saturated heterocycles. The van der Waals surface area contributed by atoms with E-state index in [0.29, 0.717) is 39.9 Å². The lowest BCUT2D eigenvalue weighted by atomic mass is 9.76. The number of nitrogens with zero attached hydrogens (tertiary/aromatic N) is 3. The zero-order valence-corrected chi connectivity index (χ0v) is 44.3. The van der Waals surface area contributed by atoms with E-state index in [1.165, 1.54) is 6.07 Å². The van der Waals surface area contributed by atoms with Crippen LogP contribution >= 0.6 is 0 Å². The number of rotatable bonds is 24. The monoisotopic (exact) mass is 1120 g/mol. The van der Waals surface area contributed by atoms with Crippen molar-refractivity contribution in [3.8, 4) is 0 Å². The van der Waals surface area contributed by atoms with Crippen molar-refractivity contribution in [3.63, 3.8) is 0 Å². The van der Waals surface area contributed by atoms with Crippen molar-refractivity contribution in [2.24, 2.45) is 10.9 Å². The Labute approximate surface area is 461 Å². The number of imide groups is 1. The van der Waals surface area contributed by atoms with Gasteiger partial charge >= 0.3 is 11.9 Å². The largest absolute Gasteiger partial charge is 0.481 e. The van der Waals surface area contributed by atoms with Gasteiger partial charge in [-0.3, -0.25) is 62.6 Å². The molecule has 9 amide bonds. The van der Waals surface area contributed by atoms with Gasteiger partial charge in [-0.2, -0.15) is 0 Å². The Morgan fingerprint density at radius 1 is 0.815 bits per heavy atom. The average Bonchev–Trinajstić information content (AvgIpc) is 2.45. The Morgan fingerprint density at radius 3 is 2.22 bits per heavy atom. The van der Waals surface area contributed by atoms with Crippen LogP contribution in [0, 0.1) is 18.7 Å². The van der Waals surface area contributed by atoms with Gasteiger partial charge in [0, 0.05) is 79.9 Å². The summed E-state index contributed by atoms with van der Waals surface area (Å²) in [5, 5.41) is 39.4. The van der Waals surface area contributed by atoms with Crippen molar-refractivity contribution in [2.45, 2.75) is 115 Å². The van der Waals surface area contributed by atoms with Gasteiger partial charge in [0.1, 0.15) is 24.5 Å². The first-order chi connectivity index (χ1) is 38.7. The van der Waals surface area contributed by atoms with Gasteiger partial charge in [0.25, 0.3) is 17.4 Å². The minimum absolute atomic E-state index is 0.00539. The molecule has 8 rings (SSSR count). The number of nitrogens with one attached hydrogen (secondary N) is 7. The molecule has 5 heterocycles. The van der Waals surface area contributed by atoms with Crippen molar-refractivity contribution in [1.29, 1.82) is 0 Å². The number of carboxylic acid groups (broad SMARTS) is 1. The molecule has 0 radical (unpaired) electrons. The van der Waals surface area contributed by atoms with E-state index in [2.05, 4.69) is 37.2 Å². The number of fused-ring (bicyclic) bond motifs is 5. The Balaban J connectivity index is 0.788. The van der Waals surface area contributed by atoms with Crippen molar-refractivity contribution < 1.29 is 72.1 Å². The minimum atomic E-state index is -2.03. The average molecular weight is 1120 g/mol. The molecule has 1 aliphatic carbocycles. The fraction of sp³-hybridized carbons (Fsp3) is 0.436. The number of amides is 9. The molecule has 25 nitrogen and oxygen atoms in total. The predicted octanol–water partition coefficient (Wildman–Crippen LogP) is -2.83. The van der Waals surface area contributed by atoms with Crippen LogP contribution < -0.4 is 53.4 Å². The number of aromatic nitrogens is 1. The number of hydrogen-bond donors (Lipinski definition) is 9. The first kappa shape index (κ1) is 58.2. The standard InChI is InChI=1S/C55H61FN10O15/c1-3-55(80)33-21-39-50-31(26-65(39)53(78)32(33)27-81-54(55)79)49-35(12-11-30-28(2)34(56)22-36(64-50)48(30)49)62-41(68)10-7-18-57-42(69)24-61-51(76)37(20-29-8-5-4-6-9-29)63-44(71)25-60-43(70)23-59-40(67)17-19-58-52(77)38(13-16-47(74)75)66-45(72)14-15-46(66)73/h4-6,8-9,14-15,21-22,31,35,37-38,50,80H,3,7,10-13,16-20,23-27H2,1-2H3,(H,57,69)(H,58,77)(H,59,67)(H,60,70)(H,61,76)(H,62,68)(H,63,71)(H,74,75)/t31?,35?,37-,38-,50?,55-/m0/s1. The first-order valence-corrected chi connectivity index (χ1v) is 26.5. The summed E-state index contributed by atoms with van der Waals surface area (Å²) >= 11 is 0. The number of hydrogen-bond acceptors (Lipinski definition) is 15. The van der Waals surface area contributed by atoms with E-state index >= 15 is 4.39 Å². The molecule has 5 aliphatic rings. The molecule has 6 atom stereocenters. The number of cyclic esters (lactones) is 1. The molecule has 0 saturated carbocycles. The number of carboxylic acids is 1. The number of esters is 1. The van der Waals surface area contributed by atoms with E-state index in [1.807, 2.05) is 0 Å². The van der Waals surface area contributed by atoms with Crippen LogP contribution in [-0.2, 0) is 89.1 Å². The first-order valence-electron chi connectivity index (χ1n) is 26.5. The molecule has 0 bridgehead atoms. The van der Waals surface area contributed by atoms with Crippen molar-refractivity contribution in [3.05, 3.63) is 115 Å². The maximum absolute atomic E-state index is 15.4. The molecule has 1 aromatic heterocycles. The van der Waals surface area contributed by atoms with Gasteiger partial charge in [-0.25, -0.2) is 9.18 Å². The summed E-state index contributed by atoms with van der Waals surface area (Å²) in [4.78, 5) is 158. The molecule has 428 valence electrons. The third kappa shape index (κ3) is 12.9. The molecular formula is C55H61FN10O15. The van der Waals surface area contributed by atoms with E-state index in [9.17, 15) is 62.6 Å². The molecule has 3 unspecified atom stereocenters. The Morgan fingerprint density at radius 2 is 1.51 bits per heavy atom. The van der Waals surface area contributed by atoms with Crippen molar-refractivity contribution in [1.82, 2.24) is 46.7 Å². The summed E-state index contributed by atoms with van der Waals surface area (Å²) in [5.74, 6) is -9.32. The maximum atomic E-state index is 15.4. The zero-order valence-electron chi connectivity index (χ0n) is 44.3. The lowest BCUT2D eigenvalue weighted by molar-refractivity contribution is -0.172.